The lowest BCUT2D eigenvalue weighted by Gasteiger charge is -2.30. The lowest BCUT2D eigenvalue weighted by Crippen LogP contribution is -2.45. The van der Waals surface area contributed by atoms with E-state index in [-0.39, 0.29) is 23.7 Å². The molecule has 0 aromatic heterocycles. The highest BCUT2D eigenvalue weighted by molar-refractivity contribution is 5.95. The first-order chi connectivity index (χ1) is 14.2. The molecule has 152 valence electrons. The maximum atomic E-state index is 13.3. The van der Waals surface area contributed by atoms with Gasteiger partial charge in [-0.3, -0.25) is 9.59 Å². The van der Waals surface area contributed by atoms with Crippen LogP contribution in [-0.4, -0.2) is 68.1 Å². The third-order valence-electron chi connectivity index (χ3n) is 5.79. The maximum Gasteiger partial charge on any atom is 0.253 e. The van der Waals surface area contributed by atoms with Crippen molar-refractivity contribution in [2.45, 2.75) is 5.92 Å². The first-order valence-corrected chi connectivity index (χ1v) is 10.0. The summed E-state index contributed by atoms with van der Waals surface area (Å²) in [5, 5.41) is 0. The molecule has 2 aliphatic rings. The van der Waals surface area contributed by atoms with Gasteiger partial charge in [-0.2, -0.15) is 0 Å². The quantitative estimate of drug-likeness (QED) is 0.799. The summed E-state index contributed by atoms with van der Waals surface area (Å²) in [6.45, 7) is 3.27. The number of rotatable bonds is 4. The smallest absolute Gasteiger partial charge is 0.253 e. The molecule has 2 atom stereocenters. The molecular formula is C23H26N2O4. The molecule has 2 aliphatic heterocycles. The van der Waals surface area contributed by atoms with Crippen molar-refractivity contribution in [1.29, 1.82) is 0 Å². The molecule has 2 aromatic rings. The van der Waals surface area contributed by atoms with Crippen molar-refractivity contribution >= 4 is 11.8 Å². The highest BCUT2D eigenvalue weighted by Gasteiger charge is 2.42. The third-order valence-corrected chi connectivity index (χ3v) is 5.79. The first kappa shape index (κ1) is 19.5. The SMILES string of the molecule is COc1cccc([C@@H]2CN(C(=O)c3ccccc3)C[C@@H]2C(=O)N2CCOCC2)c1. The summed E-state index contributed by atoms with van der Waals surface area (Å²) in [7, 11) is 1.63. The third kappa shape index (κ3) is 4.12. The molecule has 0 saturated carbocycles. The van der Waals surface area contributed by atoms with Gasteiger partial charge >= 0.3 is 0 Å². The number of carbonyl (C=O) groups excluding carboxylic acids is 2. The van der Waals surface area contributed by atoms with E-state index < -0.39 is 0 Å². The summed E-state index contributed by atoms with van der Waals surface area (Å²) in [5.41, 5.74) is 1.68. The van der Waals surface area contributed by atoms with Crippen molar-refractivity contribution in [2.24, 2.45) is 5.92 Å². The van der Waals surface area contributed by atoms with E-state index in [0.29, 0.717) is 45.0 Å². The van der Waals surface area contributed by atoms with Crippen LogP contribution < -0.4 is 4.74 Å². The summed E-state index contributed by atoms with van der Waals surface area (Å²) >= 11 is 0. The second-order valence-electron chi connectivity index (χ2n) is 7.50. The van der Waals surface area contributed by atoms with E-state index in [4.69, 9.17) is 9.47 Å². The van der Waals surface area contributed by atoms with Crippen molar-refractivity contribution in [3.05, 3.63) is 65.7 Å². The Kier molecular flexibility index (Phi) is 5.81. The monoisotopic (exact) mass is 394 g/mol. The Labute approximate surface area is 171 Å². The van der Waals surface area contributed by atoms with Gasteiger partial charge in [-0.25, -0.2) is 0 Å². The highest BCUT2D eigenvalue weighted by Crippen LogP contribution is 2.36. The Morgan fingerprint density at radius 1 is 0.966 bits per heavy atom. The van der Waals surface area contributed by atoms with Crippen LogP contribution in [0.3, 0.4) is 0 Å². The van der Waals surface area contributed by atoms with Crippen LogP contribution in [-0.2, 0) is 9.53 Å². The van der Waals surface area contributed by atoms with Crippen LogP contribution in [0, 0.1) is 5.92 Å². The summed E-state index contributed by atoms with van der Waals surface area (Å²) in [6.07, 6.45) is 0. The van der Waals surface area contributed by atoms with E-state index in [9.17, 15) is 9.59 Å². The number of hydrogen-bond acceptors (Lipinski definition) is 4. The molecule has 2 heterocycles. The van der Waals surface area contributed by atoms with Gasteiger partial charge in [0.25, 0.3) is 5.91 Å². The van der Waals surface area contributed by atoms with E-state index in [1.807, 2.05) is 64.4 Å². The van der Waals surface area contributed by atoms with Crippen molar-refractivity contribution in [3.8, 4) is 5.75 Å². The minimum Gasteiger partial charge on any atom is -0.497 e. The molecule has 4 rings (SSSR count). The van der Waals surface area contributed by atoms with Gasteiger partial charge in [0.2, 0.25) is 5.91 Å². The zero-order valence-corrected chi connectivity index (χ0v) is 16.6. The van der Waals surface area contributed by atoms with Gasteiger partial charge in [-0.05, 0) is 29.8 Å². The molecule has 29 heavy (non-hydrogen) atoms. The van der Waals surface area contributed by atoms with E-state index in [1.54, 1.807) is 7.11 Å². The minimum atomic E-state index is -0.270. The predicted octanol–water partition coefficient (Wildman–Crippen LogP) is 2.41. The molecule has 6 nitrogen and oxygen atoms in total. The van der Waals surface area contributed by atoms with Crippen molar-refractivity contribution in [1.82, 2.24) is 9.80 Å². The van der Waals surface area contributed by atoms with E-state index in [0.717, 1.165) is 11.3 Å². The molecule has 6 heteroatoms. The summed E-state index contributed by atoms with van der Waals surface area (Å²) in [6, 6.07) is 17.1. The van der Waals surface area contributed by atoms with Gasteiger partial charge in [0, 0.05) is 37.7 Å². The van der Waals surface area contributed by atoms with Crippen LogP contribution in [0.15, 0.2) is 54.6 Å². The van der Waals surface area contributed by atoms with Crippen molar-refractivity contribution < 1.29 is 19.1 Å². The number of amides is 2. The number of hydrogen-bond donors (Lipinski definition) is 0. The second-order valence-corrected chi connectivity index (χ2v) is 7.50. The molecule has 0 aliphatic carbocycles. The second kappa shape index (κ2) is 8.66. The predicted molar refractivity (Wildman–Crippen MR) is 109 cm³/mol. The summed E-state index contributed by atoms with van der Waals surface area (Å²) < 4.78 is 10.8. The van der Waals surface area contributed by atoms with E-state index in [2.05, 4.69) is 0 Å². The van der Waals surface area contributed by atoms with Crippen LogP contribution in [0.5, 0.6) is 5.75 Å². The number of nitrogens with zero attached hydrogens (tertiary/aromatic N) is 2. The Morgan fingerprint density at radius 2 is 1.72 bits per heavy atom. The highest BCUT2D eigenvalue weighted by atomic mass is 16.5. The topological polar surface area (TPSA) is 59.1 Å². The zero-order valence-electron chi connectivity index (χ0n) is 16.6. The van der Waals surface area contributed by atoms with Crippen LogP contribution in [0.4, 0.5) is 0 Å². The van der Waals surface area contributed by atoms with Gasteiger partial charge < -0.3 is 19.3 Å². The molecule has 2 saturated heterocycles. The summed E-state index contributed by atoms with van der Waals surface area (Å²) in [4.78, 5) is 30.1. The Hall–Kier alpha value is -2.86. The fourth-order valence-corrected chi connectivity index (χ4v) is 4.21. The zero-order chi connectivity index (χ0) is 20.2. The molecule has 2 aromatic carbocycles. The Balaban J connectivity index is 1.61. The van der Waals surface area contributed by atoms with Gasteiger partial charge in [-0.1, -0.05) is 30.3 Å². The van der Waals surface area contributed by atoms with Crippen LogP contribution in [0.25, 0.3) is 0 Å². The number of morpholine rings is 1. The number of ether oxygens (including phenoxy) is 2. The molecular weight excluding hydrogens is 368 g/mol. The largest absolute Gasteiger partial charge is 0.497 e. The van der Waals surface area contributed by atoms with Gasteiger partial charge in [0.1, 0.15) is 5.75 Å². The molecule has 2 fully saturated rings. The number of carbonyl (C=O) groups is 2. The van der Waals surface area contributed by atoms with Gasteiger partial charge in [0.15, 0.2) is 0 Å². The van der Waals surface area contributed by atoms with Crippen molar-refractivity contribution in [2.75, 3.05) is 46.5 Å². The van der Waals surface area contributed by atoms with Crippen LogP contribution in [0.1, 0.15) is 21.8 Å². The number of methoxy groups -OCH3 is 1. The lowest BCUT2D eigenvalue weighted by molar-refractivity contribution is -0.139. The minimum absolute atomic E-state index is 0.0317. The van der Waals surface area contributed by atoms with Crippen LogP contribution >= 0.6 is 0 Å². The van der Waals surface area contributed by atoms with Crippen LogP contribution in [0.2, 0.25) is 0 Å². The normalized spacial score (nSPS) is 21.8. The van der Waals surface area contributed by atoms with E-state index >= 15 is 0 Å². The van der Waals surface area contributed by atoms with Gasteiger partial charge in [0.05, 0.1) is 26.2 Å². The average Bonchev–Trinajstić information content (AvgIpc) is 3.25. The number of benzene rings is 2. The van der Waals surface area contributed by atoms with Crippen molar-refractivity contribution in [3.63, 3.8) is 0 Å². The van der Waals surface area contributed by atoms with Gasteiger partial charge in [-0.15, -0.1) is 0 Å². The fraction of sp³-hybridized carbons (Fsp3) is 0.391. The fourth-order valence-electron chi connectivity index (χ4n) is 4.21. The van der Waals surface area contributed by atoms with E-state index in [1.165, 1.54) is 0 Å². The Bertz CT molecular complexity index is 864. The molecule has 0 unspecified atom stereocenters. The molecule has 0 radical (unpaired) electrons. The standard InChI is InChI=1S/C23H26N2O4/c1-28-19-9-5-8-18(14-19)20-15-25(22(26)17-6-3-2-4-7-17)16-21(20)23(27)24-10-12-29-13-11-24/h2-9,14,20-21H,10-13,15-16H2,1H3/t20-,21-/m0/s1. The average molecular weight is 394 g/mol. The lowest BCUT2D eigenvalue weighted by atomic mass is 9.87. The Morgan fingerprint density at radius 3 is 2.45 bits per heavy atom. The maximum absolute atomic E-state index is 13.3. The molecule has 2 amide bonds. The molecule has 0 bridgehead atoms. The first-order valence-electron chi connectivity index (χ1n) is 10.0. The summed E-state index contributed by atoms with van der Waals surface area (Å²) in [5.74, 6) is 0.495. The molecule has 0 spiro atoms. The molecule has 0 N–H and O–H groups in total. The number of likely N-dealkylation sites (tertiary alicyclic amines) is 1.